The van der Waals surface area contributed by atoms with E-state index in [1.165, 1.54) is 0 Å². The van der Waals surface area contributed by atoms with E-state index in [9.17, 15) is 0 Å². The van der Waals surface area contributed by atoms with Crippen LogP contribution in [0.15, 0.2) is 18.2 Å². The highest BCUT2D eigenvalue weighted by Gasteiger charge is 2.21. The number of nitriles is 2. The molecule has 92 valence electrons. The van der Waals surface area contributed by atoms with Gasteiger partial charge in [0.2, 0.25) is 0 Å². The fourth-order valence-electron chi connectivity index (χ4n) is 2.13. The Labute approximate surface area is 107 Å². The number of rotatable bonds is 2. The minimum absolute atomic E-state index is 0.359. The van der Waals surface area contributed by atoms with E-state index in [0.717, 1.165) is 25.3 Å². The highest BCUT2D eigenvalue weighted by Crippen LogP contribution is 2.21. The highest BCUT2D eigenvalue weighted by molar-refractivity contribution is 5.56. The third-order valence-electron chi connectivity index (χ3n) is 3.25. The first-order valence-corrected chi connectivity index (χ1v) is 6.03. The number of hydrogen-bond acceptors (Lipinski definition) is 4. The first kappa shape index (κ1) is 12.4. The molecule has 18 heavy (non-hydrogen) atoms. The molecule has 2 atom stereocenters. The van der Waals surface area contributed by atoms with E-state index in [1.807, 2.05) is 18.2 Å². The first-order valence-electron chi connectivity index (χ1n) is 6.03. The summed E-state index contributed by atoms with van der Waals surface area (Å²) in [6.07, 6.45) is 0.961. The van der Waals surface area contributed by atoms with Crippen molar-refractivity contribution >= 4 is 5.69 Å². The molecule has 4 nitrogen and oxygen atoms in total. The predicted octanol–water partition coefficient (Wildman–Crippen LogP) is 2.27. The van der Waals surface area contributed by atoms with Crippen LogP contribution in [-0.4, -0.2) is 19.3 Å². The summed E-state index contributed by atoms with van der Waals surface area (Å²) in [6, 6.07) is 9.69. The lowest BCUT2D eigenvalue weighted by Gasteiger charge is -2.30. The van der Waals surface area contributed by atoms with Gasteiger partial charge in [-0.05, 0) is 30.5 Å². The predicted molar refractivity (Wildman–Crippen MR) is 67.9 cm³/mol. The molecule has 4 heteroatoms. The zero-order valence-corrected chi connectivity index (χ0v) is 10.3. The third-order valence-corrected chi connectivity index (χ3v) is 3.25. The molecule has 0 bridgehead atoms. The lowest BCUT2D eigenvalue weighted by atomic mass is 9.97. The van der Waals surface area contributed by atoms with Gasteiger partial charge in [0, 0.05) is 18.3 Å². The number of ether oxygens (including phenoxy) is 1. The second-order valence-electron chi connectivity index (χ2n) is 4.58. The van der Waals surface area contributed by atoms with E-state index in [4.69, 9.17) is 15.3 Å². The van der Waals surface area contributed by atoms with Crippen molar-refractivity contribution in [3.63, 3.8) is 0 Å². The van der Waals surface area contributed by atoms with Crippen LogP contribution in [0.1, 0.15) is 24.5 Å². The SMILES string of the molecule is CC1COCCC1Nc1ccc(C#N)c(C#N)c1. The molecule has 1 N–H and O–H groups in total. The molecule has 1 aliphatic heterocycles. The molecule has 1 fully saturated rings. The number of benzene rings is 1. The third kappa shape index (κ3) is 2.61. The Bertz CT molecular complexity index is 513. The van der Waals surface area contributed by atoms with Gasteiger partial charge in [0.25, 0.3) is 0 Å². The summed E-state index contributed by atoms with van der Waals surface area (Å²) in [5.74, 6) is 0.444. The molecule has 0 saturated carbocycles. The fourth-order valence-corrected chi connectivity index (χ4v) is 2.13. The Morgan fingerprint density at radius 3 is 2.72 bits per heavy atom. The normalized spacial score (nSPS) is 22.8. The maximum Gasteiger partial charge on any atom is 0.101 e. The largest absolute Gasteiger partial charge is 0.382 e. The van der Waals surface area contributed by atoms with Crippen LogP contribution in [0.25, 0.3) is 0 Å². The lowest BCUT2D eigenvalue weighted by molar-refractivity contribution is 0.0538. The highest BCUT2D eigenvalue weighted by atomic mass is 16.5. The van der Waals surface area contributed by atoms with E-state index in [1.54, 1.807) is 12.1 Å². The van der Waals surface area contributed by atoms with Crippen LogP contribution in [0.3, 0.4) is 0 Å². The maximum absolute atomic E-state index is 8.98. The number of nitrogens with one attached hydrogen (secondary N) is 1. The fraction of sp³-hybridized carbons (Fsp3) is 0.429. The Kier molecular flexibility index (Phi) is 3.82. The van der Waals surface area contributed by atoms with Crippen molar-refractivity contribution in [2.45, 2.75) is 19.4 Å². The van der Waals surface area contributed by atoms with Crippen molar-refractivity contribution in [2.75, 3.05) is 18.5 Å². The zero-order chi connectivity index (χ0) is 13.0. The van der Waals surface area contributed by atoms with Gasteiger partial charge in [0.15, 0.2) is 0 Å². The second kappa shape index (κ2) is 5.53. The Morgan fingerprint density at radius 2 is 2.06 bits per heavy atom. The Balaban J connectivity index is 2.15. The summed E-state index contributed by atoms with van der Waals surface area (Å²) in [5.41, 5.74) is 1.73. The van der Waals surface area contributed by atoms with E-state index < -0.39 is 0 Å². The van der Waals surface area contributed by atoms with Gasteiger partial charge in [-0.3, -0.25) is 0 Å². The summed E-state index contributed by atoms with van der Waals surface area (Å²) < 4.78 is 5.40. The Morgan fingerprint density at radius 1 is 1.28 bits per heavy atom. The molecule has 1 aliphatic rings. The van der Waals surface area contributed by atoms with Crippen molar-refractivity contribution in [2.24, 2.45) is 5.92 Å². The van der Waals surface area contributed by atoms with E-state index in [2.05, 4.69) is 12.2 Å². The average Bonchev–Trinajstić information content (AvgIpc) is 2.41. The minimum Gasteiger partial charge on any atom is -0.382 e. The van der Waals surface area contributed by atoms with Crippen LogP contribution < -0.4 is 5.32 Å². The van der Waals surface area contributed by atoms with Crippen molar-refractivity contribution < 1.29 is 4.74 Å². The number of nitrogens with zero attached hydrogens (tertiary/aromatic N) is 2. The molecule has 0 spiro atoms. The van der Waals surface area contributed by atoms with Gasteiger partial charge in [-0.1, -0.05) is 6.92 Å². The van der Waals surface area contributed by atoms with Crippen LogP contribution in [-0.2, 0) is 4.74 Å². The molecule has 1 aromatic rings. The van der Waals surface area contributed by atoms with Gasteiger partial charge in [-0.15, -0.1) is 0 Å². The Hall–Kier alpha value is -2.04. The van der Waals surface area contributed by atoms with E-state index in [0.29, 0.717) is 23.1 Å². The van der Waals surface area contributed by atoms with Gasteiger partial charge in [0.05, 0.1) is 17.7 Å². The van der Waals surface area contributed by atoms with Crippen molar-refractivity contribution in [1.82, 2.24) is 0 Å². The van der Waals surface area contributed by atoms with Crippen molar-refractivity contribution in [3.8, 4) is 12.1 Å². The van der Waals surface area contributed by atoms with Crippen LogP contribution >= 0.6 is 0 Å². The molecule has 2 rings (SSSR count). The minimum atomic E-state index is 0.359. The molecule has 0 aliphatic carbocycles. The lowest BCUT2D eigenvalue weighted by Crippen LogP contribution is -2.35. The number of hydrogen-bond donors (Lipinski definition) is 1. The van der Waals surface area contributed by atoms with Gasteiger partial charge in [-0.25, -0.2) is 0 Å². The standard InChI is InChI=1S/C14H15N3O/c1-10-9-18-5-4-14(10)17-13-3-2-11(7-15)12(6-13)8-16/h2-3,6,10,14,17H,4-5,9H2,1H3. The van der Waals surface area contributed by atoms with Crippen molar-refractivity contribution in [3.05, 3.63) is 29.3 Å². The smallest absolute Gasteiger partial charge is 0.101 e. The number of anilines is 1. The summed E-state index contributed by atoms with van der Waals surface area (Å²) in [4.78, 5) is 0. The maximum atomic E-state index is 8.98. The summed E-state index contributed by atoms with van der Waals surface area (Å²) in [7, 11) is 0. The monoisotopic (exact) mass is 241 g/mol. The molecule has 1 saturated heterocycles. The molecule has 1 aromatic carbocycles. The molecule has 1 heterocycles. The topological polar surface area (TPSA) is 68.8 Å². The summed E-state index contributed by atoms with van der Waals surface area (Å²) in [5, 5.41) is 21.3. The summed E-state index contributed by atoms with van der Waals surface area (Å²) >= 11 is 0. The van der Waals surface area contributed by atoms with Gasteiger partial charge >= 0.3 is 0 Å². The molecular formula is C14H15N3O. The molecular weight excluding hydrogens is 226 g/mol. The van der Waals surface area contributed by atoms with E-state index in [-0.39, 0.29) is 0 Å². The quantitative estimate of drug-likeness (QED) is 0.862. The average molecular weight is 241 g/mol. The molecule has 0 radical (unpaired) electrons. The van der Waals surface area contributed by atoms with Gasteiger partial charge < -0.3 is 10.1 Å². The van der Waals surface area contributed by atoms with Crippen LogP contribution in [0.4, 0.5) is 5.69 Å². The first-order chi connectivity index (χ1) is 8.74. The summed E-state index contributed by atoms with van der Waals surface area (Å²) in [6.45, 7) is 3.67. The second-order valence-corrected chi connectivity index (χ2v) is 4.58. The van der Waals surface area contributed by atoms with Crippen LogP contribution in [0, 0.1) is 28.6 Å². The van der Waals surface area contributed by atoms with Crippen LogP contribution in [0.2, 0.25) is 0 Å². The van der Waals surface area contributed by atoms with E-state index >= 15 is 0 Å². The van der Waals surface area contributed by atoms with Crippen molar-refractivity contribution in [1.29, 1.82) is 10.5 Å². The van der Waals surface area contributed by atoms with Gasteiger partial charge in [-0.2, -0.15) is 10.5 Å². The molecule has 0 amide bonds. The molecule has 2 unspecified atom stereocenters. The van der Waals surface area contributed by atoms with Crippen LogP contribution in [0.5, 0.6) is 0 Å². The zero-order valence-electron chi connectivity index (χ0n) is 10.3. The van der Waals surface area contributed by atoms with Gasteiger partial charge in [0.1, 0.15) is 12.1 Å². The molecule has 0 aromatic heterocycles.